The average molecular weight is 399 g/mol. The third-order valence-corrected chi connectivity index (χ3v) is 5.20. The molecule has 0 saturated carbocycles. The van der Waals surface area contributed by atoms with Crippen LogP contribution in [0.5, 0.6) is 0 Å². The maximum absolute atomic E-state index is 4.37. The largest absolute Gasteiger partial charge is 0.353 e. The summed E-state index contributed by atoms with van der Waals surface area (Å²) in [5.41, 5.74) is 1.33. The van der Waals surface area contributed by atoms with Gasteiger partial charge in [0.2, 0.25) is 0 Å². The first kappa shape index (κ1) is 16.2. The predicted molar refractivity (Wildman–Crippen MR) is 101 cm³/mol. The van der Waals surface area contributed by atoms with Crippen LogP contribution in [0, 0.1) is 0 Å². The van der Waals surface area contributed by atoms with Crippen LogP contribution in [0.2, 0.25) is 0 Å². The number of anilines is 1. The van der Waals surface area contributed by atoms with E-state index in [1.165, 1.54) is 10.0 Å². The fraction of sp³-hybridized carbons (Fsp3) is 0.278. The molecule has 1 saturated heterocycles. The van der Waals surface area contributed by atoms with Gasteiger partial charge in [0.25, 0.3) is 0 Å². The lowest BCUT2D eigenvalue weighted by atomic mass is 10.2. The summed E-state index contributed by atoms with van der Waals surface area (Å²) in [6.07, 6.45) is 3.60. The minimum atomic E-state index is 0.737. The third kappa shape index (κ3) is 3.72. The fourth-order valence-corrected chi connectivity index (χ4v) is 3.43. The Morgan fingerprint density at radius 1 is 0.880 bits per heavy atom. The van der Waals surface area contributed by atoms with Crippen molar-refractivity contribution in [2.45, 2.75) is 6.54 Å². The molecule has 0 N–H and O–H groups in total. The molecule has 6 nitrogen and oxygen atoms in total. The van der Waals surface area contributed by atoms with Gasteiger partial charge in [0, 0.05) is 49.6 Å². The molecule has 1 aromatic carbocycles. The van der Waals surface area contributed by atoms with Gasteiger partial charge in [-0.15, -0.1) is 10.2 Å². The van der Waals surface area contributed by atoms with E-state index in [9.17, 15) is 0 Å². The van der Waals surface area contributed by atoms with Crippen LogP contribution >= 0.6 is 15.9 Å². The number of rotatable bonds is 4. The molecule has 1 fully saturated rings. The Morgan fingerprint density at radius 2 is 1.64 bits per heavy atom. The van der Waals surface area contributed by atoms with Gasteiger partial charge in [0.15, 0.2) is 11.6 Å². The zero-order valence-electron chi connectivity index (χ0n) is 13.8. The van der Waals surface area contributed by atoms with Crippen molar-refractivity contribution in [1.82, 2.24) is 24.9 Å². The number of aromatic nitrogens is 4. The molecule has 0 aliphatic carbocycles. The second-order valence-corrected chi connectivity index (χ2v) is 6.91. The molecule has 0 unspecified atom stereocenters. The highest BCUT2D eigenvalue weighted by Crippen LogP contribution is 2.20. The van der Waals surface area contributed by atoms with Crippen LogP contribution < -0.4 is 4.90 Å². The van der Waals surface area contributed by atoms with Crippen molar-refractivity contribution in [3.63, 3.8) is 0 Å². The van der Waals surface area contributed by atoms with Gasteiger partial charge in [0.05, 0.1) is 0 Å². The van der Waals surface area contributed by atoms with Crippen LogP contribution in [-0.4, -0.2) is 51.1 Å². The smallest absolute Gasteiger partial charge is 0.175 e. The van der Waals surface area contributed by atoms with E-state index in [-0.39, 0.29) is 0 Å². The van der Waals surface area contributed by atoms with Crippen LogP contribution in [0.1, 0.15) is 5.56 Å². The van der Waals surface area contributed by atoms with Crippen LogP contribution in [-0.2, 0) is 6.54 Å². The number of nitrogens with zero attached hydrogens (tertiary/aromatic N) is 6. The van der Waals surface area contributed by atoms with Gasteiger partial charge in [-0.1, -0.05) is 34.1 Å². The number of halogens is 1. The van der Waals surface area contributed by atoms with E-state index in [0.717, 1.165) is 44.4 Å². The zero-order valence-corrected chi connectivity index (χ0v) is 15.4. The summed E-state index contributed by atoms with van der Waals surface area (Å²) >= 11 is 3.63. The lowest BCUT2D eigenvalue weighted by molar-refractivity contribution is 0.248. The van der Waals surface area contributed by atoms with E-state index in [1.54, 1.807) is 10.9 Å². The zero-order chi connectivity index (χ0) is 17.1. The molecular weight excluding hydrogens is 380 g/mol. The number of hydrogen-bond acceptors (Lipinski definition) is 5. The fourth-order valence-electron chi connectivity index (χ4n) is 3.02. The van der Waals surface area contributed by atoms with E-state index in [4.69, 9.17) is 0 Å². The second-order valence-electron chi connectivity index (χ2n) is 6.05. The summed E-state index contributed by atoms with van der Waals surface area (Å²) in [6, 6.07) is 14.3. The molecule has 0 radical (unpaired) electrons. The van der Waals surface area contributed by atoms with Crippen LogP contribution in [0.3, 0.4) is 0 Å². The SMILES string of the molecule is Brc1ccccc1CN1CCN(c2ccc(-n3cccn3)nn2)CC1. The minimum absolute atomic E-state index is 0.737. The molecule has 25 heavy (non-hydrogen) atoms. The quantitative estimate of drug-likeness (QED) is 0.676. The molecule has 7 heteroatoms. The summed E-state index contributed by atoms with van der Waals surface area (Å²) in [5, 5.41) is 12.8. The van der Waals surface area contributed by atoms with Crippen molar-refractivity contribution in [3.05, 3.63) is 64.9 Å². The molecule has 2 aromatic heterocycles. The Bertz CT molecular complexity index is 810. The molecule has 0 bridgehead atoms. The van der Waals surface area contributed by atoms with Crippen molar-refractivity contribution in [2.75, 3.05) is 31.1 Å². The van der Waals surface area contributed by atoms with Gasteiger partial charge in [-0.25, -0.2) is 4.68 Å². The molecule has 0 amide bonds. The highest BCUT2D eigenvalue weighted by molar-refractivity contribution is 9.10. The molecule has 3 aromatic rings. The normalized spacial score (nSPS) is 15.5. The Balaban J connectivity index is 1.36. The first-order valence-corrected chi connectivity index (χ1v) is 9.13. The average Bonchev–Trinajstić information content (AvgIpc) is 3.19. The molecule has 128 valence electrons. The highest BCUT2D eigenvalue weighted by Gasteiger charge is 2.19. The van der Waals surface area contributed by atoms with Crippen LogP contribution in [0.15, 0.2) is 59.3 Å². The molecule has 0 spiro atoms. The van der Waals surface area contributed by atoms with Crippen LogP contribution in [0.4, 0.5) is 5.82 Å². The maximum atomic E-state index is 4.37. The summed E-state index contributed by atoms with van der Waals surface area (Å²) in [7, 11) is 0. The van der Waals surface area contributed by atoms with Crippen LogP contribution in [0.25, 0.3) is 5.82 Å². The van der Waals surface area contributed by atoms with E-state index in [2.05, 4.69) is 65.3 Å². The minimum Gasteiger partial charge on any atom is -0.353 e. The lowest BCUT2D eigenvalue weighted by Gasteiger charge is -2.35. The van der Waals surface area contributed by atoms with Gasteiger partial charge >= 0.3 is 0 Å². The molecular formula is C18H19BrN6. The highest BCUT2D eigenvalue weighted by atomic mass is 79.9. The standard InChI is InChI=1S/C18H19BrN6/c19-16-5-2-1-4-15(16)14-23-10-12-24(13-11-23)17-6-7-18(22-21-17)25-9-3-8-20-25/h1-9H,10-14H2. The summed E-state index contributed by atoms with van der Waals surface area (Å²) in [6.45, 7) is 4.92. The first-order chi connectivity index (χ1) is 12.3. The van der Waals surface area contributed by atoms with E-state index in [0.29, 0.717) is 0 Å². The lowest BCUT2D eigenvalue weighted by Crippen LogP contribution is -2.46. The van der Waals surface area contributed by atoms with E-state index in [1.807, 2.05) is 24.4 Å². The number of hydrogen-bond donors (Lipinski definition) is 0. The molecule has 1 aliphatic heterocycles. The Morgan fingerprint density at radius 3 is 2.32 bits per heavy atom. The topological polar surface area (TPSA) is 50.1 Å². The van der Waals surface area contributed by atoms with Crippen molar-refractivity contribution < 1.29 is 0 Å². The van der Waals surface area contributed by atoms with Gasteiger partial charge < -0.3 is 4.90 Å². The van der Waals surface area contributed by atoms with Gasteiger partial charge in [-0.3, -0.25) is 4.90 Å². The monoisotopic (exact) mass is 398 g/mol. The Hall–Kier alpha value is -2.25. The maximum Gasteiger partial charge on any atom is 0.175 e. The van der Waals surface area contributed by atoms with Crippen molar-refractivity contribution in [1.29, 1.82) is 0 Å². The molecule has 0 atom stereocenters. The van der Waals surface area contributed by atoms with Gasteiger partial charge in [-0.05, 0) is 29.8 Å². The van der Waals surface area contributed by atoms with Crippen molar-refractivity contribution >= 4 is 21.7 Å². The van der Waals surface area contributed by atoms with E-state index >= 15 is 0 Å². The summed E-state index contributed by atoms with van der Waals surface area (Å²) < 4.78 is 2.89. The van der Waals surface area contributed by atoms with Gasteiger partial charge in [0.1, 0.15) is 0 Å². The third-order valence-electron chi connectivity index (χ3n) is 4.42. The van der Waals surface area contributed by atoms with Crippen molar-refractivity contribution in [2.24, 2.45) is 0 Å². The van der Waals surface area contributed by atoms with Gasteiger partial charge in [-0.2, -0.15) is 5.10 Å². The van der Waals surface area contributed by atoms with Crippen molar-refractivity contribution in [3.8, 4) is 5.82 Å². The first-order valence-electron chi connectivity index (χ1n) is 8.34. The molecule has 3 heterocycles. The second kappa shape index (κ2) is 7.33. The summed E-state index contributed by atoms with van der Waals surface area (Å²) in [5.74, 6) is 1.66. The predicted octanol–water partition coefficient (Wildman–Crippen LogP) is 2.75. The Labute approximate surface area is 155 Å². The number of piperazine rings is 1. The molecule has 4 rings (SSSR count). The number of benzene rings is 1. The Kier molecular flexibility index (Phi) is 4.76. The molecule has 1 aliphatic rings. The van der Waals surface area contributed by atoms with E-state index < -0.39 is 0 Å². The summed E-state index contributed by atoms with van der Waals surface area (Å²) in [4.78, 5) is 4.76.